The molecule has 0 radical (unpaired) electrons. The minimum atomic E-state index is -0.782. The van der Waals surface area contributed by atoms with Gasteiger partial charge in [0, 0.05) is 23.4 Å². The van der Waals surface area contributed by atoms with Crippen molar-refractivity contribution in [1.82, 2.24) is 5.32 Å². The first-order valence-electron chi connectivity index (χ1n) is 5.98. The van der Waals surface area contributed by atoms with Crippen LogP contribution in [0.5, 0.6) is 0 Å². The first kappa shape index (κ1) is 12.6. The highest BCUT2D eigenvalue weighted by Crippen LogP contribution is 2.31. The van der Waals surface area contributed by atoms with Gasteiger partial charge in [0.05, 0.1) is 6.26 Å². The molecule has 0 fully saturated rings. The van der Waals surface area contributed by atoms with Crippen LogP contribution in [0.3, 0.4) is 0 Å². The van der Waals surface area contributed by atoms with Crippen molar-refractivity contribution >= 4 is 16.9 Å². The van der Waals surface area contributed by atoms with Crippen molar-refractivity contribution in [3.63, 3.8) is 0 Å². The highest BCUT2D eigenvalue weighted by Gasteiger charge is 2.23. The number of hydrogen-bond donors (Lipinski definition) is 2. The van der Waals surface area contributed by atoms with E-state index in [0.717, 1.165) is 16.5 Å². The van der Waals surface area contributed by atoms with E-state index in [1.807, 2.05) is 38.2 Å². The molecule has 0 saturated heterocycles. The van der Waals surface area contributed by atoms with Crippen molar-refractivity contribution in [3.8, 4) is 0 Å². The van der Waals surface area contributed by atoms with E-state index in [1.54, 1.807) is 6.26 Å². The molecule has 2 unspecified atom stereocenters. The number of carbonyl (C=O) groups is 1. The average molecular weight is 247 g/mol. The Balaban J connectivity index is 2.35. The van der Waals surface area contributed by atoms with Gasteiger partial charge in [-0.15, -0.1) is 0 Å². The Labute approximate surface area is 106 Å². The third-order valence-corrected chi connectivity index (χ3v) is 3.22. The van der Waals surface area contributed by atoms with E-state index in [0.29, 0.717) is 0 Å². The Morgan fingerprint density at radius 3 is 2.83 bits per heavy atom. The summed E-state index contributed by atoms with van der Waals surface area (Å²) in [7, 11) is 1.84. The van der Waals surface area contributed by atoms with Gasteiger partial charge in [0.25, 0.3) is 0 Å². The first-order valence-corrected chi connectivity index (χ1v) is 5.98. The van der Waals surface area contributed by atoms with Gasteiger partial charge < -0.3 is 14.8 Å². The molecule has 1 heterocycles. The summed E-state index contributed by atoms with van der Waals surface area (Å²) >= 11 is 0. The summed E-state index contributed by atoms with van der Waals surface area (Å²) in [5, 5.41) is 13.1. The van der Waals surface area contributed by atoms with E-state index in [9.17, 15) is 4.79 Å². The maximum atomic E-state index is 10.8. The molecule has 1 aromatic heterocycles. The van der Waals surface area contributed by atoms with Gasteiger partial charge in [-0.1, -0.05) is 25.1 Å². The normalized spacial score (nSPS) is 14.6. The van der Waals surface area contributed by atoms with Crippen LogP contribution in [0.15, 0.2) is 34.9 Å². The Hall–Kier alpha value is -1.81. The summed E-state index contributed by atoms with van der Waals surface area (Å²) in [4.78, 5) is 10.8. The molecule has 0 amide bonds. The molecular formula is C14H17NO3. The quantitative estimate of drug-likeness (QED) is 0.852. The van der Waals surface area contributed by atoms with Crippen LogP contribution in [0.25, 0.3) is 11.0 Å². The SMILES string of the molecule is CNC(c1coc2ccccc12)C(C)CC(=O)O. The molecule has 0 spiro atoms. The number of hydrogen-bond acceptors (Lipinski definition) is 3. The number of aliphatic carboxylic acids is 1. The van der Waals surface area contributed by atoms with Crippen LogP contribution < -0.4 is 5.32 Å². The average Bonchev–Trinajstić information content (AvgIpc) is 2.73. The maximum Gasteiger partial charge on any atom is 0.303 e. The van der Waals surface area contributed by atoms with E-state index in [4.69, 9.17) is 9.52 Å². The van der Waals surface area contributed by atoms with Crippen LogP contribution in [0.2, 0.25) is 0 Å². The number of benzene rings is 1. The number of para-hydroxylation sites is 1. The van der Waals surface area contributed by atoms with Crippen molar-refractivity contribution in [3.05, 3.63) is 36.1 Å². The van der Waals surface area contributed by atoms with Gasteiger partial charge in [-0.3, -0.25) is 4.79 Å². The van der Waals surface area contributed by atoms with Crippen LogP contribution in [-0.4, -0.2) is 18.1 Å². The van der Waals surface area contributed by atoms with Crippen molar-refractivity contribution < 1.29 is 14.3 Å². The molecule has 0 saturated carbocycles. The highest BCUT2D eigenvalue weighted by molar-refractivity contribution is 5.81. The first-order chi connectivity index (χ1) is 8.63. The van der Waals surface area contributed by atoms with E-state index in [1.165, 1.54) is 0 Å². The van der Waals surface area contributed by atoms with Crippen molar-refractivity contribution in [2.24, 2.45) is 5.92 Å². The molecule has 0 aliphatic heterocycles. The smallest absolute Gasteiger partial charge is 0.303 e. The van der Waals surface area contributed by atoms with E-state index >= 15 is 0 Å². The van der Waals surface area contributed by atoms with Gasteiger partial charge in [0.1, 0.15) is 5.58 Å². The molecule has 1 aromatic carbocycles. The molecule has 4 heteroatoms. The zero-order valence-electron chi connectivity index (χ0n) is 10.5. The Morgan fingerprint density at radius 2 is 2.17 bits per heavy atom. The lowest BCUT2D eigenvalue weighted by Crippen LogP contribution is -2.25. The molecule has 18 heavy (non-hydrogen) atoms. The second kappa shape index (κ2) is 5.23. The number of nitrogens with one attached hydrogen (secondary N) is 1. The predicted molar refractivity (Wildman–Crippen MR) is 69.4 cm³/mol. The second-order valence-electron chi connectivity index (χ2n) is 4.53. The van der Waals surface area contributed by atoms with Gasteiger partial charge in [0.15, 0.2) is 0 Å². The molecule has 0 aliphatic rings. The third kappa shape index (κ3) is 2.38. The summed E-state index contributed by atoms with van der Waals surface area (Å²) in [6, 6.07) is 7.75. The van der Waals surface area contributed by atoms with Crippen molar-refractivity contribution in [2.75, 3.05) is 7.05 Å². The van der Waals surface area contributed by atoms with Crippen molar-refractivity contribution in [1.29, 1.82) is 0 Å². The Morgan fingerprint density at radius 1 is 1.44 bits per heavy atom. The number of furan rings is 1. The highest BCUT2D eigenvalue weighted by atomic mass is 16.4. The lowest BCUT2D eigenvalue weighted by atomic mass is 9.92. The fourth-order valence-corrected chi connectivity index (χ4v) is 2.38. The van der Waals surface area contributed by atoms with Crippen LogP contribution in [0, 0.1) is 5.92 Å². The molecule has 2 atom stereocenters. The standard InChI is InChI=1S/C14H17NO3/c1-9(7-13(16)17)14(15-2)11-8-18-12-6-4-3-5-10(11)12/h3-6,8-9,14-15H,7H2,1-2H3,(H,16,17). The molecule has 0 bridgehead atoms. The minimum Gasteiger partial charge on any atom is -0.481 e. The largest absolute Gasteiger partial charge is 0.481 e. The van der Waals surface area contributed by atoms with Gasteiger partial charge in [0.2, 0.25) is 0 Å². The van der Waals surface area contributed by atoms with E-state index in [2.05, 4.69) is 5.32 Å². The van der Waals surface area contributed by atoms with Crippen LogP contribution in [-0.2, 0) is 4.79 Å². The predicted octanol–water partition coefficient (Wildman–Crippen LogP) is 2.80. The number of rotatable bonds is 5. The molecule has 96 valence electrons. The summed E-state index contributed by atoms with van der Waals surface area (Å²) < 4.78 is 5.50. The zero-order chi connectivity index (χ0) is 13.1. The molecule has 2 rings (SSSR count). The topological polar surface area (TPSA) is 62.5 Å². The van der Waals surface area contributed by atoms with Crippen LogP contribution in [0.1, 0.15) is 24.9 Å². The van der Waals surface area contributed by atoms with Gasteiger partial charge in [-0.05, 0) is 19.0 Å². The fraction of sp³-hybridized carbons (Fsp3) is 0.357. The van der Waals surface area contributed by atoms with E-state index < -0.39 is 5.97 Å². The summed E-state index contributed by atoms with van der Waals surface area (Å²) in [6.45, 7) is 1.93. The van der Waals surface area contributed by atoms with Gasteiger partial charge >= 0.3 is 5.97 Å². The van der Waals surface area contributed by atoms with Gasteiger partial charge in [-0.2, -0.15) is 0 Å². The van der Waals surface area contributed by atoms with Crippen LogP contribution >= 0.6 is 0 Å². The van der Waals surface area contributed by atoms with Crippen LogP contribution in [0.4, 0.5) is 0 Å². The van der Waals surface area contributed by atoms with E-state index in [-0.39, 0.29) is 18.4 Å². The number of carboxylic acids is 1. The fourth-order valence-electron chi connectivity index (χ4n) is 2.38. The molecule has 4 nitrogen and oxygen atoms in total. The lowest BCUT2D eigenvalue weighted by Gasteiger charge is -2.21. The summed E-state index contributed by atoms with van der Waals surface area (Å²) in [5.74, 6) is -0.788. The molecule has 2 N–H and O–H groups in total. The summed E-state index contributed by atoms with van der Waals surface area (Å²) in [5.41, 5.74) is 1.84. The molecule has 2 aromatic rings. The summed E-state index contributed by atoms with van der Waals surface area (Å²) in [6.07, 6.45) is 1.84. The maximum absolute atomic E-state index is 10.8. The monoisotopic (exact) mass is 247 g/mol. The third-order valence-electron chi connectivity index (χ3n) is 3.22. The Kier molecular flexibility index (Phi) is 3.67. The van der Waals surface area contributed by atoms with Gasteiger partial charge in [-0.25, -0.2) is 0 Å². The number of fused-ring (bicyclic) bond motifs is 1. The minimum absolute atomic E-state index is 0.00601. The zero-order valence-corrected chi connectivity index (χ0v) is 10.5. The van der Waals surface area contributed by atoms with Crippen molar-refractivity contribution in [2.45, 2.75) is 19.4 Å². The molecule has 0 aliphatic carbocycles. The lowest BCUT2D eigenvalue weighted by molar-refractivity contribution is -0.138. The number of carboxylic acid groups (broad SMARTS) is 1. The Bertz CT molecular complexity index is 547. The second-order valence-corrected chi connectivity index (χ2v) is 4.53. The molecular weight excluding hydrogens is 230 g/mol.